The van der Waals surface area contributed by atoms with Gasteiger partial charge in [-0.3, -0.25) is 4.79 Å². The van der Waals surface area contributed by atoms with Crippen LogP contribution in [0.5, 0.6) is 11.5 Å². The van der Waals surface area contributed by atoms with Gasteiger partial charge in [-0.2, -0.15) is 0 Å². The Balaban J connectivity index is 1.93. The number of ether oxygens (including phenoxy) is 2. The Kier molecular flexibility index (Phi) is 8.12. The zero-order valence-corrected chi connectivity index (χ0v) is 20.8. The van der Waals surface area contributed by atoms with E-state index in [0.29, 0.717) is 10.7 Å². The summed E-state index contributed by atoms with van der Waals surface area (Å²) in [6.07, 6.45) is 7.62. The van der Waals surface area contributed by atoms with Crippen molar-refractivity contribution >= 4 is 23.2 Å². The van der Waals surface area contributed by atoms with Gasteiger partial charge in [0.15, 0.2) is 0 Å². The van der Waals surface area contributed by atoms with Crippen LogP contribution < -0.4 is 14.8 Å². The van der Waals surface area contributed by atoms with E-state index in [-0.39, 0.29) is 23.6 Å². The molecule has 0 aromatic heterocycles. The van der Waals surface area contributed by atoms with Crippen LogP contribution in [0, 0.1) is 0 Å². The second-order valence-corrected chi connectivity index (χ2v) is 9.89. The molecule has 1 spiro atoms. The number of amides is 1. The zero-order valence-electron chi connectivity index (χ0n) is 19.9. The predicted octanol–water partition coefficient (Wildman–Crippen LogP) is 5.04. The second-order valence-electron chi connectivity index (χ2n) is 8.88. The molecular weight excluding hydrogens is 420 g/mol. The monoisotopic (exact) mass is 456 g/mol. The number of carbonyl (C=O) groups is 1. The van der Waals surface area contributed by atoms with E-state index in [1.807, 2.05) is 29.2 Å². The molecule has 32 heavy (non-hydrogen) atoms. The highest BCUT2D eigenvalue weighted by atomic mass is 32.2. The predicted molar refractivity (Wildman–Crippen MR) is 134 cm³/mol. The van der Waals surface area contributed by atoms with Crippen molar-refractivity contribution in [2.75, 3.05) is 26.0 Å². The summed E-state index contributed by atoms with van der Waals surface area (Å²) in [5.41, 5.74) is 1.83. The van der Waals surface area contributed by atoms with Gasteiger partial charge in [-0.25, -0.2) is 0 Å². The number of nitrogens with zero attached hydrogens (tertiary/aromatic N) is 1. The summed E-state index contributed by atoms with van der Waals surface area (Å²) in [6.45, 7) is 13.9. The molecule has 2 heterocycles. The van der Waals surface area contributed by atoms with E-state index in [2.05, 4.69) is 45.7 Å². The van der Waals surface area contributed by atoms with E-state index >= 15 is 0 Å². The molecule has 1 aromatic rings. The fourth-order valence-electron chi connectivity index (χ4n) is 4.57. The normalized spacial score (nSPS) is 17.6. The van der Waals surface area contributed by atoms with E-state index in [1.165, 1.54) is 0 Å². The number of thioether (sulfide) groups is 1. The van der Waals surface area contributed by atoms with Crippen LogP contribution in [0.2, 0.25) is 0 Å². The SMILES string of the molecule is C=C/C=C(\SCC1=CC2(CCNCC2)Oc2cccc(OC)c21)C(=O)N(C(C)C)C(C)C. The fraction of sp³-hybridized carbons (Fsp3) is 0.500. The Morgan fingerprint density at radius 3 is 2.56 bits per heavy atom. The van der Waals surface area contributed by atoms with E-state index in [0.717, 1.165) is 48.6 Å². The first-order valence-electron chi connectivity index (χ1n) is 11.4. The molecule has 1 aromatic carbocycles. The largest absolute Gasteiger partial charge is 0.496 e. The molecule has 0 bridgehead atoms. The molecule has 0 unspecified atom stereocenters. The molecule has 1 fully saturated rings. The number of benzene rings is 1. The Bertz CT molecular complexity index is 890. The number of allylic oxidation sites excluding steroid dienone is 2. The van der Waals surface area contributed by atoms with Crippen LogP contribution in [0.4, 0.5) is 0 Å². The van der Waals surface area contributed by atoms with Gasteiger partial charge in [0.2, 0.25) is 0 Å². The summed E-state index contributed by atoms with van der Waals surface area (Å²) in [6, 6.07) is 6.20. The van der Waals surface area contributed by atoms with Crippen molar-refractivity contribution in [2.24, 2.45) is 0 Å². The van der Waals surface area contributed by atoms with Gasteiger partial charge in [-0.1, -0.05) is 18.7 Å². The van der Waals surface area contributed by atoms with Crippen molar-refractivity contribution in [3.8, 4) is 11.5 Å². The van der Waals surface area contributed by atoms with Gasteiger partial charge in [0.1, 0.15) is 17.1 Å². The highest BCUT2D eigenvalue weighted by Gasteiger charge is 2.38. The zero-order chi connectivity index (χ0) is 23.3. The third-order valence-electron chi connectivity index (χ3n) is 5.94. The van der Waals surface area contributed by atoms with Crippen LogP contribution in [-0.4, -0.2) is 54.4 Å². The van der Waals surface area contributed by atoms with Gasteiger partial charge in [0, 0.05) is 30.7 Å². The number of nitrogens with one attached hydrogen (secondary N) is 1. The van der Waals surface area contributed by atoms with E-state index < -0.39 is 0 Å². The number of fused-ring (bicyclic) bond motifs is 1. The quantitative estimate of drug-likeness (QED) is 0.439. The lowest BCUT2D eigenvalue weighted by atomic mass is 9.86. The number of rotatable bonds is 8. The number of carbonyl (C=O) groups excluding carboxylic acids is 1. The molecule has 0 saturated carbocycles. The number of hydrogen-bond donors (Lipinski definition) is 1. The van der Waals surface area contributed by atoms with Gasteiger partial charge in [-0.15, -0.1) is 11.8 Å². The number of methoxy groups -OCH3 is 1. The Hall–Kier alpha value is -2.18. The van der Waals surface area contributed by atoms with Gasteiger partial charge in [-0.05, 0) is 70.6 Å². The number of hydrogen-bond acceptors (Lipinski definition) is 5. The van der Waals surface area contributed by atoms with Crippen LogP contribution in [0.3, 0.4) is 0 Å². The molecule has 1 saturated heterocycles. The van der Waals surface area contributed by atoms with Crippen molar-refractivity contribution in [2.45, 2.75) is 58.2 Å². The van der Waals surface area contributed by atoms with E-state index in [4.69, 9.17) is 9.47 Å². The first-order chi connectivity index (χ1) is 15.3. The highest BCUT2D eigenvalue weighted by molar-refractivity contribution is 8.04. The summed E-state index contributed by atoms with van der Waals surface area (Å²) in [4.78, 5) is 16.0. The Morgan fingerprint density at radius 1 is 1.28 bits per heavy atom. The summed E-state index contributed by atoms with van der Waals surface area (Å²) in [5, 5.41) is 3.42. The number of piperidine rings is 1. The van der Waals surface area contributed by atoms with Crippen LogP contribution in [0.15, 0.2) is 47.9 Å². The Labute approximate surface area is 196 Å². The van der Waals surface area contributed by atoms with Gasteiger partial charge < -0.3 is 19.7 Å². The van der Waals surface area contributed by atoms with Crippen LogP contribution in [-0.2, 0) is 4.79 Å². The lowest BCUT2D eigenvalue weighted by Crippen LogP contribution is -2.46. The summed E-state index contributed by atoms with van der Waals surface area (Å²) in [5.74, 6) is 2.35. The van der Waals surface area contributed by atoms with Crippen molar-refractivity contribution < 1.29 is 14.3 Å². The maximum absolute atomic E-state index is 13.4. The standard InChI is InChI=1S/C26H36N2O3S/c1-7-9-23(25(29)28(18(2)3)19(4)5)32-17-20-16-26(12-14-27-15-13-26)31-22-11-8-10-21(30-6)24(20)22/h7-11,16,18-19,27H,1,12-15,17H2,2-6H3/b23-9-. The van der Waals surface area contributed by atoms with Crippen molar-refractivity contribution in [3.63, 3.8) is 0 Å². The van der Waals surface area contributed by atoms with Gasteiger partial charge in [0.05, 0.1) is 17.6 Å². The van der Waals surface area contributed by atoms with Crippen molar-refractivity contribution in [1.29, 1.82) is 0 Å². The van der Waals surface area contributed by atoms with Gasteiger partial charge in [0.25, 0.3) is 5.91 Å². The molecule has 1 N–H and O–H groups in total. The summed E-state index contributed by atoms with van der Waals surface area (Å²) in [7, 11) is 1.69. The third-order valence-corrected chi connectivity index (χ3v) is 7.02. The topological polar surface area (TPSA) is 50.8 Å². The first kappa shape index (κ1) is 24.5. The van der Waals surface area contributed by atoms with Crippen LogP contribution in [0.1, 0.15) is 46.1 Å². The molecule has 0 aliphatic carbocycles. The van der Waals surface area contributed by atoms with E-state index in [9.17, 15) is 4.79 Å². The molecule has 0 radical (unpaired) electrons. The van der Waals surface area contributed by atoms with Crippen molar-refractivity contribution in [3.05, 3.63) is 53.5 Å². The van der Waals surface area contributed by atoms with Gasteiger partial charge >= 0.3 is 0 Å². The third kappa shape index (κ3) is 5.24. The maximum Gasteiger partial charge on any atom is 0.260 e. The van der Waals surface area contributed by atoms with Crippen LogP contribution in [0.25, 0.3) is 5.57 Å². The lowest BCUT2D eigenvalue weighted by Gasteiger charge is -2.40. The van der Waals surface area contributed by atoms with Crippen LogP contribution >= 0.6 is 11.8 Å². The Morgan fingerprint density at radius 2 is 1.97 bits per heavy atom. The molecule has 2 aliphatic heterocycles. The van der Waals surface area contributed by atoms with E-state index in [1.54, 1.807) is 24.9 Å². The molecule has 6 heteroatoms. The molecule has 3 rings (SSSR count). The first-order valence-corrected chi connectivity index (χ1v) is 12.4. The minimum absolute atomic E-state index is 0.0457. The molecule has 0 atom stereocenters. The summed E-state index contributed by atoms with van der Waals surface area (Å²) < 4.78 is 12.2. The minimum atomic E-state index is -0.311. The smallest absolute Gasteiger partial charge is 0.260 e. The molecule has 1 amide bonds. The maximum atomic E-state index is 13.4. The average Bonchev–Trinajstić information content (AvgIpc) is 2.75. The molecular formula is C26H36N2O3S. The average molecular weight is 457 g/mol. The molecule has 174 valence electrons. The summed E-state index contributed by atoms with van der Waals surface area (Å²) >= 11 is 1.56. The van der Waals surface area contributed by atoms with Crippen molar-refractivity contribution in [1.82, 2.24) is 10.2 Å². The fourth-order valence-corrected chi connectivity index (χ4v) is 5.53. The molecule has 5 nitrogen and oxygen atoms in total. The highest BCUT2D eigenvalue weighted by Crippen LogP contribution is 2.45. The minimum Gasteiger partial charge on any atom is -0.496 e. The molecule has 2 aliphatic rings. The second kappa shape index (κ2) is 10.6. The lowest BCUT2D eigenvalue weighted by molar-refractivity contribution is -0.129.